The molecule has 36 heavy (non-hydrogen) atoms. The fourth-order valence-electron chi connectivity index (χ4n) is 5.13. The van der Waals surface area contributed by atoms with Gasteiger partial charge in [0.15, 0.2) is 0 Å². The number of Topliss-reactive ketones (excluding diaryl/α,β-unsaturated/α-hetero) is 1. The molecule has 6 rings (SSSR count). The number of amides is 1. The lowest BCUT2D eigenvalue weighted by atomic mass is 9.91. The lowest BCUT2D eigenvalue weighted by Gasteiger charge is -2.26. The third-order valence-electron chi connectivity index (χ3n) is 6.86. The highest BCUT2D eigenvalue weighted by Crippen LogP contribution is 2.45. The Morgan fingerprint density at radius 1 is 0.972 bits per heavy atom. The first kappa shape index (κ1) is 21.9. The average Bonchev–Trinajstić information content (AvgIpc) is 3.49. The highest BCUT2D eigenvalue weighted by molar-refractivity contribution is 6.52. The number of hydrogen-bond acceptors (Lipinski definition) is 5. The van der Waals surface area contributed by atoms with Crippen LogP contribution in [0, 0.1) is 0 Å². The van der Waals surface area contributed by atoms with E-state index in [-0.39, 0.29) is 11.3 Å². The second-order valence-electron chi connectivity index (χ2n) is 8.86. The van der Waals surface area contributed by atoms with Crippen molar-refractivity contribution in [2.45, 2.75) is 12.5 Å². The fraction of sp³-hybridized carbons (Fsp3) is 0.133. The Balaban J connectivity index is 1.61. The third-order valence-corrected chi connectivity index (χ3v) is 6.86. The molecule has 4 aromatic carbocycles. The van der Waals surface area contributed by atoms with E-state index in [9.17, 15) is 14.7 Å². The normalized spacial score (nSPS) is 18.4. The SMILES string of the molecule is COc1cccc(N2C(=O)C(=O)/C(=C(\O)c3ccc4c(c3)CCO4)C2c2cccc3ccccc23)c1. The summed E-state index contributed by atoms with van der Waals surface area (Å²) < 4.78 is 11.0. The largest absolute Gasteiger partial charge is 0.507 e. The van der Waals surface area contributed by atoms with E-state index >= 15 is 0 Å². The number of aliphatic hydroxyl groups excluding tert-OH is 1. The molecular formula is C30H23NO5. The topological polar surface area (TPSA) is 76.1 Å². The van der Waals surface area contributed by atoms with E-state index < -0.39 is 17.7 Å². The van der Waals surface area contributed by atoms with Gasteiger partial charge in [0.1, 0.15) is 17.3 Å². The molecule has 0 spiro atoms. The van der Waals surface area contributed by atoms with E-state index in [1.54, 1.807) is 43.5 Å². The minimum atomic E-state index is -0.826. The first-order valence-electron chi connectivity index (χ1n) is 11.8. The first-order chi connectivity index (χ1) is 17.6. The van der Waals surface area contributed by atoms with Crippen LogP contribution in [0.3, 0.4) is 0 Å². The van der Waals surface area contributed by atoms with E-state index in [1.807, 2.05) is 48.5 Å². The van der Waals surface area contributed by atoms with Gasteiger partial charge in [-0.1, -0.05) is 48.5 Å². The van der Waals surface area contributed by atoms with Gasteiger partial charge in [-0.15, -0.1) is 0 Å². The molecule has 0 saturated carbocycles. The summed E-state index contributed by atoms with van der Waals surface area (Å²) in [5.74, 6) is -0.303. The van der Waals surface area contributed by atoms with Gasteiger partial charge in [0.05, 0.1) is 25.3 Å². The van der Waals surface area contributed by atoms with Crippen LogP contribution in [0.15, 0.2) is 90.5 Å². The van der Waals surface area contributed by atoms with Crippen LogP contribution in [0.5, 0.6) is 11.5 Å². The molecule has 2 aliphatic rings. The Hall–Kier alpha value is -4.58. The molecule has 6 nitrogen and oxygen atoms in total. The van der Waals surface area contributed by atoms with Crippen LogP contribution in [0.1, 0.15) is 22.7 Å². The molecule has 2 aliphatic heterocycles. The second kappa shape index (κ2) is 8.57. The van der Waals surface area contributed by atoms with Gasteiger partial charge in [-0.25, -0.2) is 0 Å². The summed E-state index contributed by atoms with van der Waals surface area (Å²) in [5, 5.41) is 13.4. The van der Waals surface area contributed by atoms with Crippen molar-refractivity contribution in [1.29, 1.82) is 0 Å². The molecule has 2 heterocycles. The Morgan fingerprint density at radius 2 is 1.78 bits per heavy atom. The van der Waals surface area contributed by atoms with E-state index in [0.29, 0.717) is 23.6 Å². The molecule has 1 amide bonds. The number of carbonyl (C=O) groups is 2. The zero-order valence-corrected chi connectivity index (χ0v) is 19.6. The number of hydrogen-bond donors (Lipinski definition) is 1. The summed E-state index contributed by atoms with van der Waals surface area (Å²) in [7, 11) is 1.55. The molecule has 1 saturated heterocycles. The van der Waals surface area contributed by atoms with Gasteiger partial charge in [0.2, 0.25) is 0 Å². The number of benzene rings is 4. The standard InChI is InChI=1S/C30H23NO5/c1-35-22-9-5-8-21(17-22)31-27(24-11-4-7-18-6-2-3-10-23(18)24)26(29(33)30(31)34)28(32)20-12-13-25-19(16-20)14-15-36-25/h2-13,16-17,27,32H,14-15H2,1H3/b28-26-. The molecule has 1 N–H and O–H groups in total. The number of ketones is 1. The van der Waals surface area contributed by atoms with Gasteiger partial charge in [0, 0.05) is 23.7 Å². The van der Waals surface area contributed by atoms with Crippen LogP contribution in [0.4, 0.5) is 5.69 Å². The van der Waals surface area contributed by atoms with Crippen molar-refractivity contribution in [1.82, 2.24) is 0 Å². The Morgan fingerprint density at radius 3 is 2.64 bits per heavy atom. The molecule has 6 heteroatoms. The zero-order valence-electron chi connectivity index (χ0n) is 19.6. The molecule has 4 aromatic rings. The van der Waals surface area contributed by atoms with Crippen LogP contribution in [-0.2, 0) is 16.0 Å². The highest BCUT2D eigenvalue weighted by atomic mass is 16.5. The quantitative estimate of drug-likeness (QED) is 0.242. The molecule has 1 fully saturated rings. The number of methoxy groups -OCH3 is 1. The smallest absolute Gasteiger partial charge is 0.300 e. The highest BCUT2D eigenvalue weighted by Gasteiger charge is 2.47. The van der Waals surface area contributed by atoms with Crippen LogP contribution < -0.4 is 14.4 Å². The van der Waals surface area contributed by atoms with Crippen molar-refractivity contribution < 1.29 is 24.2 Å². The average molecular weight is 478 g/mol. The van der Waals surface area contributed by atoms with Gasteiger partial charge in [-0.3, -0.25) is 14.5 Å². The summed E-state index contributed by atoms with van der Waals surface area (Å²) in [6.07, 6.45) is 0.724. The first-order valence-corrected chi connectivity index (χ1v) is 11.8. The summed E-state index contributed by atoms with van der Waals surface area (Å²) >= 11 is 0. The van der Waals surface area contributed by atoms with E-state index in [4.69, 9.17) is 9.47 Å². The maximum Gasteiger partial charge on any atom is 0.300 e. The van der Waals surface area contributed by atoms with Gasteiger partial charge in [-0.05, 0) is 52.2 Å². The summed E-state index contributed by atoms with van der Waals surface area (Å²) in [6, 6.07) is 25.1. The lowest BCUT2D eigenvalue weighted by Crippen LogP contribution is -2.29. The molecule has 0 bridgehead atoms. The predicted molar refractivity (Wildman–Crippen MR) is 137 cm³/mol. The van der Waals surface area contributed by atoms with Crippen molar-refractivity contribution in [2.24, 2.45) is 0 Å². The van der Waals surface area contributed by atoms with E-state index in [2.05, 4.69) is 0 Å². The lowest BCUT2D eigenvalue weighted by molar-refractivity contribution is -0.132. The molecule has 178 valence electrons. The summed E-state index contributed by atoms with van der Waals surface area (Å²) in [6.45, 7) is 0.579. The molecule has 0 aliphatic carbocycles. The monoisotopic (exact) mass is 477 g/mol. The molecule has 0 radical (unpaired) electrons. The third kappa shape index (κ3) is 3.41. The minimum absolute atomic E-state index is 0.0537. The maximum absolute atomic E-state index is 13.5. The Labute approximate surface area is 208 Å². The predicted octanol–water partition coefficient (Wildman–Crippen LogP) is 5.41. The Kier molecular flexibility index (Phi) is 5.22. The van der Waals surface area contributed by atoms with E-state index in [0.717, 1.165) is 34.1 Å². The van der Waals surface area contributed by atoms with Gasteiger partial charge >= 0.3 is 0 Å². The van der Waals surface area contributed by atoms with Crippen LogP contribution in [0.2, 0.25) is 0 Å². The zero-order chi connectivity index (χ0) is 24.8. The van der Waals surface area contributed by atoms with Gasteiger partial charge in [0.25, 0.3) is 11.7 Å². The van der Waals surface area contributed by atoms with Crippen molar-refractivity contribution in [3.63, 3.8) is 0 Å². The number of nitrogens with zero attached hydrogens (tertiary/aromatic N) is 1. The number of fused-ring (bicyclic) bond motifs is 2. The van der Waals surface area contributed by atoms with Gasteiger partial charge < -0.3 is 14.6 Å². The number of aliphatic hydroxyl groups is 1. The number of ether oxygens (including phenoxy) is 2. The minimum Gasteiger partial charge on any atom is -0.507 e. The van der Waals surface area contributed by atoms with Crippen molar-refractivity contribution in [2.75, 3.05) is 18.6 Å². The van der Waals surface area contributed by atoms with Crippen LogP contribution in [-0.4, -0.2) is 30.5 Å². The van der Waals surface area contributed by atoms with Crippen LogP contribution in [0.25, 0.3) is 16.5 Å². The molecular weight excluding hydrogens is 454 g/mol. The van der Waals surface area contributed by atoms with Crippen molar-refractivity contribution >= 4 is 33.9 Å². The molecule has 1 atom stereocenters. The second-order valence-corrected chi connectivity index (χ2v) is 8.86. The van der Waals surface area contributed by atoms with Gasteiger partial charge in [-0.2, -0.15) is 0 Å². The number of anilines is 1. The van der Waals surface area contributed by atoms with Crippen molar-refractivity contribution in [3.05, 3.63) is 107 Å². The molecule has 0 aromatic heterocycles. The Bertz CT molecular complexity index is 1570. The van der Waals surface area contributed by atoms with Crippen LogP contribution >= 0.6 is 0 Å². The summed E-state index contributed by atoms with van der Waals surface area (Å²) in [4.78, 5) is 28.5. The van der Waals surface area contributed by atoms with E-state index in [1.165, 1.54) is 4.90 Å². The van der Waals surface area contributed by atoms with Crippen molar-refractivity contribution in [3.8, 4) is 11.5 Å². The number of rotatable bonds is 4. The summed E-state index contributed by atoms with van der Waals surface area (Å²) in [5.41, 5.74) is 2.76. The number of carbonyl (C=O) groups excluding carboxylic acids is 2. The maximum atomic E-state index is 13.5. The fourth-order valence-corrected chi connectivity index (χ4v) is 5.13. The molecule has 1 unspecified atom stereocenters.